The van der Waals surface area contributed by atoms with Gasteiger partial charge in [0, 0.05) is 24.7 Å². The first-order valence-electron chi connectivity index (χ1n) is 9.01. The van der Waals surface area contributed by atoms with Crippen LogP contribution in [-0.2, 0) is 14.8 Å². The lowest BCUT2D eigenvalue weighted by Gasteiger charge is -2.19. The number of carbonyl (C=O) groups is 1. The van der Waals surface area contributed by atoms with Crippen molar-refractivity contribution < 1.29 is 17.9 Å². The van der Waals surface area contributed by atoms with E-state index in [1.807, 2.05) is 31.2 Å². The highest BCUT2D eigenvalue weighted by atomic mass is 32.2. The van der Waals surface area contributed by atoms with Crippen LogP contribution < -0.4 is 14.4 Å². The van der Waals surface area contributed by atoms with E-state index in [-0.39, 0.29) is 16.8 Å². The first kappa shape index (κ1) is 19.4. The fraction of sp³-hybridized carbons (Fsp3) is 0.350. The van der Waals surface area contributed by atoms with Gasteiger partial charge in [-0.05, 0) is 54.8 Å². The summed E-state index contributed by atoms with van der Waals surface area (Å²) in [4.78, 5) is 13.7. The summed E-state index contributed by atoms with van der Waals surface area (Å²) < 4.78 is 33.5. The average molecular weight is 388 g/mol. The summed E-state index contributed by atoms with van der Waals surface area (Å²) in [6.45, 7) is 2.61. The van der Waals surface area contributed by atoms with Crippen LogP contribution in [0.25, 0.3) is 0 Å². The van der Waals surface area contributed by atoms with Gasteiger partial charge >= 0.3 is 0 Å². The van der Waals surface area contributed by atoms with Gasteiger partial charge in [0.2, 0.25) is 15.9 Å². The summed E-state index contributed by atoms with van der Waals surface area (Å²) in [7, 11) is -2.08. The third kappa shape index (κ3) is 4.31. The van der Waals surface area contributed by atoms with Gasteiger partial charge in [0.25, 0.3) is 0 Å². The predicted molar refractivity (Wildman–Crippen MR) is 104 cm³/mol. The largest absolute Gasteiger partial charge is 0.497 e. The smallest absolute Gasteiger partial charge is 0.241 e. The van der Waals surface area contributed by atoms with Gasteiger partial charge in [-0.3, -0.25) is 4.79 Å². The summed E-state index contributed by atoms with van der Waals surface area (Å²) in [6, 6.07) is 13.5. The lowest BCUT2D eigenvalue weighted by Crippen LogP contribution is -2.28. The third-order valence-corrected chi connectivity index (χ3v) is 6.24. The minimum absolute atomic E-state index is 0.0780. The SMILES string of the molecule is CC[C@H](NS(=O)(=O)c1ccc(N2CCCC2=O)cc1)c1ccc(OC)cc1. The van der Waals surface area contributed by atoms with E-state index in [0.717, 1.165) is 23.4 Å². The number of nitrogens with zero attached hydrogens (tertiary/aromatic N) is 1. The Labute approximate surface area is 160 Å². The maximum absolute atomic E-state index is 12.8. The molecular weight excluding hydrogens is 364 g/mol. The Morgan fingerprint density at radius 2 is 1.78 bits per heavy atom. The van der Waals surface area contributed by atoms with E-state index < -0.39 is 10.0 Å². The van der Waals surface area contributed by atoms with Crippen LogP contribution in [-0.4, -0.2) is 28.0 Å². The lowest BCUT2D eigenvalue weighted by atomic mass is 10.1. The quantitative estimate of drug-likeness (QED) is 0.790. The van der Waals surface area contributed by atoms with Crippen LogP contribution in [0.1, 0.15) is 37.8 Å². The Morgan fingerprint density at radius 1 is 1.11 bits per heavy atom. The molecule has 0 unspecified atom stereocenters. The number of carbonyl (C=O) groups excluding carboxylic acids is 1. The zero-order valence-electron chi connectivity index (χ0n) is 15.5. The van der Waals surface area contributed by atoms with E-state index >= 15 is 0 Å². The van der Waals surface area contributed by atoms with Gasteiger partial charge in [-0.25, -0.2) is 13.1 Å². The molecule has 27 heavy (non-hydrogen) atoms. The number of hydrogen-bond donors (Lipinski definition) is 1. The maximum atomic E-state index is 12.8. The van der Waals surface area contributed by atoms with Crippen molar-refractivity contribution in [2.24, 2.45) is 0 Å². The molecule has 1 heterocycles. The Morgan fingerprint density at radius 3 is 2.30 bits per heavy atom. The molecule has 1 saturated heterocycles. The zero-order valence-corrected chi connectivity index (χ0v) is 16.3. The predicted octanol–water partition coefficient (Wildman–Crippen LogP) is 3.25. The summed E-state index contributed by atoms with van der Waals surface area (Å²) in [5.74, 6) is 0.804. The van der Waals surface area contributed by atoms with Crippen LogP contribution >= 0.6 is 0 Å². The van der Waals surface area contributed by atoms with Crippen LogP contribution in [0.15, 0.2) is 53.4 Å². The molecule has 1 atom stereocenters. The monoisotopic (exact) mass is 388 g/mol. The van der Waals surface area contributed by atoms with E-state index in [9.17, 15) is 13.2 Å². The van der Waals surface area contributed by atoms with E-state index in [2.05, 4.69) is 4.72 Å². The van der Waals surface area contributed by atoms with Gasteiger partial charge in [0.1, 0.15) is 5.75 Å². The van der Waals surface area contributed by atoms with E-state index in [4.69, 9.17) is 4.74 Å². The molecule has 2 aromatic rings. The van der Waals surface area contributed by atoms with Crippen LogP contribution in [0, 0.1) is 0 Å². The van der Waals surface area contributed by atoms with Crippen LogP contribution in [0.2, 0.25) is 0 Å². The van der Waals surface area contributed by atoms with Gasteiger partial charge in [-0.1, -0.05) is 19.1 Å². The van der Waals surface area contributed by atoms with Crippen LogP contribution in [0.5, 0.6) is 5.75 Å². The molecule has 7 heteroatoms. The molecule has 1 aliphatic rings. The number of nitrogens with one attached hydrogen (secondary N) is 1. The zero-order chi connectivity index (χ0) is 19.4. The Bertz CT molecular complexity index is 893. The van der Waals surface area contributed by atoms with Gasteiger partial charge in [0.05, 0.1) is 12.0 Å². The molecule has 3 rings (SSSR count). The van der Waals surface area contributed by atoms with Gasteiger partial charge in [-0.15, -0.1) is 0 Å². The molecule has 0 aromatic heterocycles. The Balaban J connectivity index is 1.77. The Hall–Kier alpha value is -2.38. The summed E-state index contributed by atoms with van der Waals surface area (Å²) in [5.41, 5.74) is 1.61. The molecule has 0 saturated carbocycles. The minimum atomic E-state index is -3.67. The molecule has 0 aliphatic carbocycles. The topological polar surface area (TPSA) is 75.7 Å². The first-order chi connectivity index (χ1) is 12.9. The highest BCUT2D eigenvalue weighted by Gasteiger charge is 2.24. The second-order valence-corrected chi connectivity index (χ2v) is 8.21. The van der Waals surface area contributed by atoms with Gasteiger partial charge < -0.3 is 9.64 Å². The molecule has 1 aliphatic heterocycles. The molecular formula is C20H24N2O4S. The van der Waals surface area contributed by atoms with Crippen molar-refractivity contribution in [3.63, 3.8) is 0 Å². The highest BCUT2D eigenvalue weighted by Crippen LogP contribution is 2.25. The summed E-state index contributed by atoms with van der Waals surface area (Å²) >= 11 is 0. The van der Waals surface area contributed by atoms with Gasteiger partial charge in [0.15, 0.2) is 0 Å². The van der Waals surface area contributed by atoms with E-state index in [1.165, 1.54) is 0 Å². The number of methoxy groups -OCH3 is 1. The van der Waals surface area contributed by atoms with Crippen molar-refractivity contribution in [2.45, 2.75) is 37.1 Å². The van der Waals surface area contributed by atoms with Crippen molar-refractivity contribution in [3.8, 4) is 5.75 Å². The molecule has 2 aromatic carbocycles. The van der Waals surface area contributed by atoms with Gasteiger partial charge in [-0.2, -0.15) is 0 Å². The molecule has 144 valence electrons. The van der Waals surface area contributed by atoms with E-state index in [1.54, 1.807) is 36.3 Å². The number of sulfonamides is 1. The number of hydrogen-bond acceptors (Lipinski definition) is 4. The number of amides is 1. The van der Waals surface area contributed by atoms with Crippen LogP contribution in [0.4, 0.5) is 5.69 Å². The molecule has 1 N–H and O–H groups in total. The minimum Gasteiger partial charge on any atom is -0.497 e. The number of rotatable bonds is 7. The molecule has 1 amide bonds. The van der Waals surface area contributed by atoms with Crippen LogP contribution in [0.3, 0.4) is 0 Å². The van der Waals surface area contributed by atoms with Crippen molar-refractivity contribution in [2.75, 3.05) is 18.6 Å². The molecule has 6 nitrogen and oxygen atoms in total. The normalized spacial score (nSPS) is 15.8. The van der Waals surface area contributed by atoms with Crippen molar-refractivity contribution >= 4 is 21.6 Å². The lowest BCUT2D eigenvalue weighted by molar-refractivity contribution is -0.117. The second kappa shape index (κ2) is 8.10. The Kier molecular flexibility index (Phi) is 5.82. The third-order valence-electron chi connectivity index (χ3n) is 4.76. The fourth-order valence-corrected chi connectivity index (χ4v) is 4.51. The molecule has 0 radical (unpaired) electrons. The molecule has 0 bridgehead atoms. The van der Waals surface area contributed by atoms with Crippen molar-refractivity contribution in [3.05, 3.63) is 54.1 Å². The summed E-state index contributed by atoms with van der Waals surface area (Å²) in [6.07, 6.45) is 1.99. The van der Waals surface area contributed by atoms with E-state index in [0.29, 0.717) is 19.4 Å². The first-order valence-corrected chi connectivity index (χ1v) is 10.5. The second-order valence-electron chi connectivity index (χ2n) is 6.50. The highest BCUT2D eigenvalue weighted by molar-refractivity contribution is 7.89. The summed E-state index contributed by atoms with van der Waals surface area (Å²) in [5, 5.41) is 0. The number of ether oxygens (including phenoxy) is 1. The average Bonchev–Trinajstić information content (AvgIpc) is 3.12. The fourth-order valence-electron chi connectivity index (χ4n) is 3.21. The molecule has 1 fully saturated rings. The van der Waals surface area contributed by atoms with Crippen molar-refractivity contribution in [1.82, 2.24) is 4.72 Å². The van der Waals surface area contributed by atoms with Crippen molar-refractivity contribution in [1.29, 1.82) is 0 Å². The maximum Gasteiger partial charge on any atom is 0.241 e. The standard InChI is InChI=1S/C20H24N2O4S/c1-3-19(15-6-10-17(26-2)11-7-15)21-27(24,25)18-12-8-16(9-13-18)22-14-4-5-20(22)23/h6-13,19,21H,3-5,14H2,1-2H3/t19-/m0/s1. The number of benzene rings is 2. The molecule has 0 spiro atoms. The number of anilines is 1.